The van der Waals surface area contributed by atoms with E-state index in [0.29, 0.717) is 22.6 Å². The number of carbonyl (C=O) groups excluding carboxylic acids is 2. The van der Waals surface area contributed by atoms with Crippen molar-refractivity contribution < 1.29 is 19.1 Å². The highest BCUT2D eigenvalue weighted by atomic mass is 16.5. The quantitative estimate of drug-likeness (QED) is 0.837. The monoisotopic (exact) mass is 304 g/mol. The first-order valence-corrected chi connectivity index (χ1v) is 7.06. The first-order valence-electron chi connectivity index (χ1n) is 7.06. The van der Waals surface area contributed by atoms with Gasteiger partial charge in [0.2, 0.25) is 0 Å². The van der Waals surface area contributed by atoms with E-state index in [0.717, 1.165) is 0 Å². The van der Waals surface area contributed by atoms with Crippen molar-refractivity contribution in [1.82, 2.24) is 10.6 Å². The smallest absolute Gasteiger partial charge is 0.338 e. The molecule has 0 fully saturated rings. The fourth-order valence-electron chi connectivity index (χ4n) is 2.38. The lowest BCUT2D eigenvalue weighted by Gasteiger charge is -2.29. The zero-order valence-electron chi connectivity index (χ0n) is 13.1. The number of rotatable bonds is 4. The molecule has 1 atom stereocenters. The van der Waals surface area contributed by atoms with Crippen molar-refractivity contribution in [2.24, 2.45) is 0 Å². The van der Waals surface area contributed by atoms with Crippen molar-refractivity contribution in [3.05, 3.63) is 41.1 Å². The van der Waals surface area contributed by atoms with Crippen molar-refractivity contribution in [3.8, 4) is 5.75 Å². The minimum absolute atomic E-state index is 0.247. The Labute approximate surface area is 129 Å². The molecule has 1 aliphatic rings. The van der Waals surface area contributed by atoms with Crippen LogP contribution in [0.4, 0.5) is 4.79 Å². The molecule has 6 heteroatoms. The number of hydrogen-bond acceptors (Lipinski definition) is 4. The van der Waals surface area contributed by atoms with E-state index in [4.69, 9.17) is 9.47 Å². The Morgan fingerprint density at radius 2 is 1.95 bits per heavy atom. The van der Waals surface area contributed by atoms with Crippen molar-refractivity contribution in [1.29, 1.82) is 0 Å². The predicted octanol–water partition coefficient (Wildman–Crippen LogP) is 2.27. The number of amides is 2. The lowest BCUT2D eigenvalue weighted by Crippen LogP contribution is -2.45. The summed E-state index contributed by atoms with van der Waals surface area (Å²) in [7, 11) is 1.55. The van der Waals surface area contributed by atoms with Crippen LogP contribution in [0.2, 0.25) is 0 Å². The molecule has 0 saturated carbocycles. The highest BCUT2D eigenvalue weighted by molar-refractivity contribution is 5.95. The molecule has 2 amide bonds. The van der Waals surface area contributed by atoms with Crippen LogP contribution in [0.25, 0.3) is 0 Å². The van der Waals surface area contributed by atoms with Gasteiger partial charge >= 0.3 is 12.0 Å². The largest absolute Gasteiger partial charge is 0.496 e. The minimum Gasteiger partial charge on any atom is -0.496 e. The molecule has 1 aromatic carbocycles. The zero-order valence-corrected chi connectivity index (χ0v) is 13.1. The second kappa shape index (κ2) is 6.51. The molecule has 0 bridgehead atoms. The van der Waals surface area contributed by atoms with E-state index < -0.39 is 12.0 Å². The number of allylic oxidation sites excluding steroid dienone is 1. The molecule has 0 radical (unpaired) electrons. The Kier molecular flexibility index (Phi) is 4.70. The van der Waals surface area contributed by atoms with E-state index >= 15 is 0 Å². The number of ether oxygens (including phenoxy) is 2. The van der Waals surface area contributed by atoms with Crippen LogP contribution < -0.4 is 15.4 Å². The van der Waals surface area contributed by atoms with Gasteiger partial charge in [0.25, 0.3) is 0 Å². The lowest BCUT2D eigenvalue weighted by molar-refractivity contribution is -0.143. The second-order valence-corrected chi connectivity index (χ2v) is 5.27. The average Bonchev–Trinajstić information content (AvgIpc) is 2.45. The van der Waals surface area contributed by atoms with Crippen LogP contribution in [0.1, 0.15) is 32.4 Å². The summed E-state index contributed by atoms with van der Waals surface area (Å²) in [4.78, 5) is 24.2. The van der Waals surface area contributed by atoms with Crippen LogP contribution in [0.3, 0.4) is 0 Å². The van der Waals surface area contributed by atoms with E-state index in [1.165, 1.54) is 0 Å². The summed E-state index contributed by atoms with van der Waals surface area (Å²) in [5, 5.41) is 5.36. The molecule has 6 nitrogen and oxygen atoms in total. The van der Waals surface area contributed by atoms with Gasteiger partial charge in [-0.15, -0.1) is 0 Å². The maximum Gasteiger partial charge on any atom is 0.338 e. The Morgan fingerprint density at radius 1 is 1.27 bits per heavy atom. The van der Waals surface area contributed by atoms with Crippen LogP contribution in [-0.4, -0.2) is 25.2 Å². The first kappa shape index (κ1) is 15.9. The van der Waals surface area contributed by atoms with Gasteiger partial charge in [0.1, 0.15) is 5.75 Å². The fourth-order valence-corrected chi connectivity index (χ4v) is 2.38. The summed E-state index contributed by atoms with van der Waals surface area (Å²) in [6.45, 7) is 5.24. The number of hydrogen-bond donors (Lipinski definition) is 2. The number of methoxy groups -OCH3 is 1. The van der Waals surface area contributed by atoms with E-state index in [9.17, 15) is 9.59 Å². The zero-order chi connectivity index (χ0) is 16.3. The Hall–Kier alpha value is -2.50. The Morgan fingerprint density at radius 3 is 2.59 bits per heavy atom. The van der Waals surface area contributed by atoms with Gasteiger partial charge in [-0.2, -0.15) is 0 Å². The molecular weight excluding hydrogens is 284 g/mol. The molecule has 1 unspecified atom stereocenters. The Bertz CT molecular complexity index is 622. The summed E-state index contributed by atoms with van der Waals surface area (Å²) in [6, 6.07) is 6.27. The van der Waals surface area contributed by atoms with Crippen molar-refractivity contribution in [2.45, 2.75) is 32.9 Å². The summed E-state index contributed by atoms with van der Waals surface area (Å²) < 4.78 is 10.6. The molecule has 22 heavy (non-hydrogen) atoms. The molecule has 0 aliphatic carbocycles. The normalized spacial score (nSPS) is 17.9. The number of para-hydroxylation sites is 1. The minimum atomic E-state index is -0.615. The van der Waals surface area contributed by atoms with Crippen LogP contribution >= 0.6 is 0 Å². The van der Waals surface area contributed by atoms with Crippen molar-refractivity contribution in [2.75, 3.05) is 7.11 Å². The van der Waals surface area contributed by atoms with Crippen LogP contribution in [0.5, 0.6) is 5.75 Å². The lowest BCUT2D eigenvalue weighted by atomic mass is 9.95. The number of esters is 1. The van der Waals surface area contributed by atoms with Gasteiger partial charge in [0, 0.05) is 11.3 Å². The molecule has 1 heterocycles. The number of carbonyl (C=O) groups is 2. The van der Waals surface area contributed by atoms with Gasteiger partial charge in [-0.25, -0.2) is 9.59 Å². The molecule has 1 aromatic rings. The van der Waals surface area contributed by atoms with Crippen LogP contribution in [-0.2, 0) is 9.53 Å². The van der Waals surface area contributed by atoms with Gasteiger partial charge < -0.3 is 20.1 Å². The molecule has 0 aromatic heterocycles. The van der Waals surface area contributed by atoms with Crippen molar-refractivity contribution >= 4 is 12.0 Å². The summed E-state index contributed by atoms with van der Waals surface area (Å²) in [5.41, 5.74) is 1.55. The van der Waals surface area contributed by atoms with Gasteiger partial charge in [-0.1, -0.05) is 18.2 Å². The first-order chi connectivity index (χ1) is 10.4. The average molecular weight is 304 g/mol. The number of benzene rings is 1. The molecule has 118 valence electrons. The summed E-state index contributed by atoms with van der Waals surface area (Å²) in [5.74, 6) is 0.133. The summed E-state index contributed by atoms with van der Waals surface area (Å²) in [6.07, 6.45) is -0.247. The van der Waals surface area contributed by atoms with E-state index in [2.05, 4.69) is 10.6 Å². The highest BCUT2D eigenvalue weighted by Crippen LogP contribution is 2.33. The predicted molar refractivity (Wildman–Crippen MR) is 81.3 cm³/mol. The van der Waals surface area contributed by atoms with Gasteiger partial charge in [-0.05, 0) is 26.8 Å². The molecule has 0 spiro atoms. The Balaban J connectivity index is 2.48. The van der Waals surface area contributed by atoms with E-state index in [1.807, 2.05) is 18.2 Å². The van der Waals surface area contributed by atoms with Crippen LogP contribution in [0.15, 0.2) is 35.5 Å². The third kappa shape index (κ3) is 3.21. The third-order valence-electron chi connectivity index (χ3n) is 3.28. The number of urea groups is 1. The third-order valence-corrected chi connectivity index (χ3v) is 3.28. The molecule has 2 rings (SSSR count). The van der Waals surface area contributed by atoms with Gasteiger partial charge in [0.05, 0.1) is 24.8 Å². The fraction of sp³-hybridized carbons (Fsp3) is 0.375. The molecule has 1 aliphatic heterocycles. The van der Waals surface area contributed by atoms with Crippen molar-refractivity contribution in [3.63, 3.8) is 0 Å². The maximum atomic E-state index is 12.4. The topological polar surface area (TPSA) is 76.7 Å². The number of nitrogens with one attached hydrogen (secondary N) is 2. The molecular formula is C16H20N2O4. The standard InChI is InChI=1S/C16H20N2O4/c1-9(2)22-15(19)13-10(3)17-16(20)18-14(13)11-7-5-6-8-12(11)21-4/h5-9,14H,1-4H3,(H2,17,18,20). The van der Waals surface area contributed by atoms with Gasteiger partial charge in [-0.3, -0.25) is 0 Å². The molecule has 0 saturated heterocycles. The SMILES string of the molecule is COc1ccccc1C1NC(=O)NC(C)=C1C(=O)OC(C)C. The van der Waals surface area contributed by atoms with Crippen LogP contribution in [0, 0.1) is 0 Å². The summed E-state index contributed by atoms with van der Waals surface area (Å²) >= 11 is 0. The van der Waals surface area contributed by atoms with E-state index in [-0.39, 0.29) is 12.1 Å². The maximum absolute atomic E-state index is 12.4. The molecule has 2 N–H and O–H groups in total. The van der Waals surface area contributed by atoms with Gasteiger partial charge in [0.15, 0.2) is 0 Å². The van der Waals surface area contributed by atoms with E-state index in [1.54, 1.807) is 33.9 Å². The highest BCUT2D eigenvalue weighted by Gasteiger charge is 2.34. The second-order valence-electron chi connectivity index (χ2n) is 5.27.